The second-order valence-electron chi connectivity index (χ2n) is 18.9. The van der Waals surface area contributed by atoms with E-state index in [1.165, 1.54) is 70.3 Å². The van der Waals surface area contributed by atoms with Crippen LogP contribution in [0.5, 0.6) is 0 Å². The number of allylic oxidation sites excluding steroid dienone is 11. The maximum absolute atomic E-state index is 12.9. The van der Waals surface area contributed by atoms with Crippen molar-refractivity contribution in [1.29, 1.82) is 0 Å². The highest BCUT2D eigenvalue weighted by molar-refractivity contribution is 7.61. The third-order valence-electron chi connectivity index (χ3n) is 12.1. The van der Waals surface area contributed by atoms with Crippen LogP contribution in [0.2, 0.25) is 0 Å². The molecule has 0 bridgehead atoms. The van der Waals surface area contributed by atoms with E-state index in [0.29, 0.717) is 6.42 Å². The minimum absolute atomic E-state index is 0.0699. The van der Waals surface area contributed by atoms with E-state index in [1.54, 1.807) is 12.2 Å². The highest BCUT2D eigenvalue weighted by Crippen LogP contribution is 2.60. The van der Waals surface area contributed by atoms with Crippen molar-refractivity contribution in [3.8, 4) is 0 Å². The number of aromatic nitrogens is 2. The molecule has 0 aliphatic carbocycles. The molecule has 1 fully saturated rings. The molecular weight excluding hydrogens is 1020 g/mol. The molecule has 2 heterocycles. The van der Waals surface area contributed by atoms with Crippen molar-refractivity contribution in [3.05, 3.63) is 95.7 Å². The molecule has 2 rings (SSSR count). The van der Waals surface area contributed by atoms with Crippen molar-refractivity contribution in [3.63, 3.8) is 0 Å². The molecule has 0 spiro atoms. The SMILES string of the molecule is CCCCCC/C=C\C/C=C\C/C=C\CCCCCCCCC(=O)OC[C@H](COP(=O)(O)OP(=O)(O)OC[C@H]1O[C@@H](n2ccc(N)nc2=O)[C@H](O)[C@@H]1O)OC(=O)CCCC(O)/C=C/C=C/C/C=C/CCCCCCCC. The molecule has 7 N–H and O–H groups in total. The van der Waals surface area contributed by atoms with Gasteiger partial charge in [-0.2, -0.15) is 9.29 Å². The van der Waals surface area contributed by atoms with Gasteiger partial charge in [-0.3, -0.25) is 23.2 Å². The molecule has 1 aromatic rings. The van der Waals surface area contributed by atoms with Crippen LogP contribution in [0, 0.1) is 0 Å². The van der Waals surface area contributed by atoms with Crippen LogP contribution < -0.4 is 11.4 Å². The van der Waals surface area contributed by atoms with E-state index in [9.17, 15) is 48.6 Å². The maximum Gasteiger partial charge on any atom is 0.481 e. The number of rotatable bonds is 45. The average molecular weight is 1110 g/mol. The number of carbonyl (C=O) groups is 2. The standard InChI is InChI=1S/C55H91N3O16P2/c1-3-5-7-9-11-13-15-17-18-19-20-21-22-23-25-27-29-31-33-35-39-50(60)69-43-47(72-51(61)40-36-38-46(59)37-34-32-30-28-26-24-16-14-12-10-8-6-4-2)44-70-75(65,66)74-76(67,68)71-45-48-52(62)53(63)54(73-48)58-42-41-49(56)57-55(58)64/h13,15,18-19,21-22,24,26,30,32,34,37,41-42,46-48,52-54,59,62-63H,3-12,14,16-17,20,23,25,27-29,31,33,35-36,38-40,43-45H2,1-2H3,(H,65,66)(H,67,68)(H2,56,57,64)/b15-13-,19-18-,22-21-,26-24+,32-30+,37-34+/t46?,47-,48-,52-,53-,54-/m1/s1. The van der Waals surface area contributed by atoms with Gasteiger partial charge in [-0.05, 0) is 83.1 Å². The van der Waals surface area contributed by atoms with E-state index in [2.05, 4.69) is 71.8 Å². The zero-order chi connectivity index (χ0) is 55.7. The number of ether oxygens (including phenoxy) is 3. The quantitative estimate of drug-likeness (QED) is 0.0116. The van der Waals surface area contributed by atoms with Crippen LogP contribution >= 0.6 is 15.6 Å². The molecule has 19 nitrogen and oxygen atoms in total. The van der Waals surface area contributed by atoms with E-state index in [0.717, 1.165) is 81.4 Å². The van der Waals surface area contributed by atoms with Crippen LogP contribution in [-0.2, 0) is 46.3 Å². The number of nitrogen functional groups attached to an aromatic ring is 1. The van der Waals surface area contributed by atoms with Gasteiger partial charge in [0, 0.05) is 19.0 Å². The summed E-state index contributed by atoms with van der Waals surface area (Å²) in [4.78, 5) is 62.1. The lowest BCUT2D eigenvalue weighted by atomic mass is 10.1. The molecule has 432 valence electrons. The zero-order valence-corrected chi connectivity index (χ0v) is 46.9. The minimum Gasteiger partial charge on any atom is -0.462 e. The highest BCUT2D eigenvalue weighted by atomic mass is 31.3. The van der Waals surface area contributed by atoms with Gasteiger partial charge < -0.3 is 45.1 Å². The van der Waals surface area contributed by atoms with Crippen molar-refractivity contribution in [2.24, 2.45) is 0 Å². The third kappa shape index (κ3) is 34.1. The van der Waals surface area contributed by atoms with Crippen LogP contribution in [0.15, 0.2) is 90.0 Å². The molecule has 76 heavy (non-hydrogen) atoms. The number of hydrogen-bond donors (Lipinski definition) is 6. The zero-order valence-electron chi connectivity index (χ0n) is 45.1. The smallest absolute Gasteiger partial charge is 0.462 e. The Morgan fingerprint density at radius 1 is 0.697 bits per heavy atom. The van der Waals surface area contributed by atoms with Crippen molar-refractivity contribution in [2.75, 3.05) is 25.6 Å². The second-order valence-corrected chi connectivity index (χ2v) is 22.0. The van der Waals surface area contributed by atoms with Crippen LogP contribution in [0.25, 0.3) is 0 Å². The lowest BCUT2D eigenvalue weighted by Gasteiger charge is -2.21. The summed E-state index contributed by atoms with van der Waals surface area (Å²) in [6, 6.07) is 1.24. The number of anilines is 1. The number of aliphatic hydroxyl groups is 3. The number of hydrogen-bond acceptors (Lipinski definition) is 16. The number of nitrogens with zero attached hydrogens (tertiary/aromatic N) is 2. The van der Waals surface area contributed by atoms with Gasteiger partial charge in [0.15, 0.2) is 12.3 Å². The summed E-state index contributed by atoms with van der Waals surface area (Å²) < 4.78 is 56.7. The Hall–Kier alpha value is -3.84. The highest BCUT2D eigenvalue weighted by Gasteiger charge is 2.46. The molecule has 0 amide bonds. The third-order valence-corrected chi connectivity index (χ3v) is 14.7. The summed E-state index contributed by atoms with van der Waals surface area (Å²) in [6.07, 6.45) is 41.3. The van der Waals surface area contributed by atoms with Gasteiger partial charge in [-0.15, -0.1) is 0 Å². The topological polar surface area (TPSA) is 286 Å². The molecule has 3 unspecified atom stereocenters. The van der Waals surface area contributed by atoms with E-state index in [-0.39, 0.29) is 31.5 Å². The fourth-order valence-electron chi connectivity index (χ4n) is 7.80. The summed E-state index contributed by atoms with van der Waals surface area (Å²) >= 11 is 0. The molecule has 8 atom stereocenters. The first-order valence-electron chi connectivity index (χ1n) is 27.6. The normalized spacial score (nSPS) is 19.7. The predicted octanol–water partition coefficient (Wildman–Crippen LogP) is 11.0. The van der Waals surface area contributed by atoms with E-state index in [1.807, 2.05) is 12.2 Å². The fraction of sp³-hybridized carbons (Fsp3) is 0.673. The van der Waals surface area contributed by atoms with Crippen molar-refractivity contribution in [1.82, 2.24) is 9.55 Å². The number of phosphoric ester groups is 2. The number of esters is 2. The minimum atomic E-state index is -5.48. The number of unbranched alkanes of at least 4 members (excludes halogenated alkanes) is 16. The summed E-state index contributed by atoms with van der Waals surface area (Å²) in [5.74, 6) is -1.52. The Bertz CT molecular complexity index is 2080. The first-order valence-corrected chi connectivity index (χ1v) is 30.5. The first-order chi connectivity index (χ1) is 36.6. The molecular formula is C55H91N3O16P2. The van der Waals surface area contributed by atoms with Crippen LogP contribution in [0.3, 0.4) is 0 Å². The molecule has 1 aliphatic heterocycles. The Morgan fingerprint density at radius 3 is 1.83 bits per heavy atom. The predicted molar refractivity (Wildman–Crippen MR) is 295 cm³/mol. The molecule has 1 aromatic heterocycles. The van der Waals surface area contributed by atoms with E-state index >= 15 is 0 Å². The van der Waals surface area contributed by atoms with Gasteiger partial charge in [-0.25, -0.2) is 13.9 Å². The average Bonchev–Trinajstić information content (AvgIpc) is 3.65. The Labute approximate surface area is 451 Å². The Kier molecular flexibility index (Phi) is 37.9. The Morgan fingerprint density at radius 2 is 1.22 bits per heavy atom. The lowest BCUT2D eigenvalue weighted by Crippen LogP contribution is -2.36. The van der Waals surface area contributed by atoms with Gasteiger partial charge in [0.1, 0.15) is 30.7 Å². The number of phosphoric acid groups is 2. The second kappa shape index (κ2) is 42.2. The van der Waals surface area contributed by atoms with Gasteiger partial charge in [0.2, 0.25) is 0 Å². The van der Waals surface area contributed by atoms with E-state index in [4.69, 9.17) is 29.0 Å². The molecule has 0 saturated carbocycles. The van der Waals surface area contributed by atoms with Gasteiger partial charge >= 0.3 is 33.3 Å². The van der Waals surface area contributed by atoms with Gasteiger partial charge in [-0.1, -0.05) is 164 Å². The molecule has 0 radical (unpaired) electrons. The van der Waals surface area contributed by atoms with Crippen molar-refractivity contribution >= 4 is 33.4 Å². The first kappa shape index (κ1) is 68.3. The van der Waals surface area contributed by atoms with Gasteiger partial charge in [0.25, 0.3) is 0 Å². The monoisotopic (exact) mass is 1110 g/mol. The summed E-state index contributed by atoms with van der Waals surface area (Å²) in [6.45, 7) is 1.95. The summed E-state index contributed by atoms with van der Waals surface area (Å²) in [5, 5.41) is 31.4. The number of carbonyl (C=O) groups excluding carboxylic acids is 2. The summed E-state index contributed by atoms with van der Waals surface area (Å²) in [5.41, 5.74) is 4.58. The largest absolute Gasteiger partial charge is 0.481 e. The van der Waals surface area contributed by atoms with Gasteiger partial charge in [0.05, 0.1) is 19.3 Å². The number of nitrogens with two attached hydrogens (primary N) is 1. The van der Waals surface area contributed by atoms with Crippen LogP contribution in [0.4, 0.5) is 5.82 Å². The molecule has 1 saturated heterocycles. The molecule has 0 aromatic carbocycles. The lowest BCUT2D eigenvalue weighted by molar-refractivity contribution is -0.161. The van der Waals surface area contributed by atoms with E-state index < -0.39 is 89.8 Å². The molecule has 21 heteroatoms. The number of aliphatic hydroxyl groups excluding tert-OH is 3. The van der Waals surface area contributed by atoms with Crippen LogP contribution in [-0.4, -0.2) is 96.9 Å². The molecule has 1 aliphatic rings. The van der Waals surface area contributed by atoms with Crippen molar-refractivity contribution < 1.29 is 71.4 Å². The maximum atomic E-state index is 12.9. The van der Waals surface area contributed by atoms with Crippen LogP contribution in [0.1, 0.15) is 187 Å². The summed E-state index contributed by atoms with van der Waals surface area (Å²) in [7, 11) is -11.0. The fourth-order valence-corrected chi connectivity index (χ4v) is 9.91. The Balaban J connectivity index is 1.83. The van der Waals surface area contributed by atoms with Crippen molar-refractivity contribution in [2.45, 2.75) is 218 Å².